The molecule has 3 heterocycles. The van der Waals surface area contributed by atoms with Crippen molar-refractivity contribution in [2.45, 2.75) is 6.42 Å². The van der Waals surface area contributed by atoms with Crippen molar-refractivity contribution in [1.29, 1.82) is 0 Å². The van der Waals surface area contributed by atoms with Gasteiger partial charge in [0.1, 0.15) is 11.0 Å². The number of nitrogens with two attached hydrogens (primary N) is 1. The number of pyridine rings is 1. The number of amides is 1. The summed E-state index contributed by atoms with van der Waals surface area (Å²) in [4.78, 5) is 18.8. The van der Waals surface area contributed by atoms with Crippen LogP contribution in [0.3, 0.4) is 0 Å². The van der Waals surface area contributed by atoms with E-state index in [1.165, 1.54) is 0 Å². The minimum Gasteiger partial charge on any atom is -0.384 e. The van der Waals surface area contributed by atoms with Crippen LogP contribution in [0.2, 0.25) is 5.15 Å². The molecule has 1 aliphatic heterocycles. The summed E-state index contributed by atoms with van der Waals surface area (Å²) >= 11 is 5.87. The largest absolute Gasteiger partial charge is 0.384 e. The number of aromatic amines is 1. The van der Waals surface area contributed by atoms with E-state index >= 15 is 0 Å². The van der Waals surface area contributed by atoms with Gasteiger partial charge in [-0.2, -0.15) is 0 Å². The molecule has 2 aromatic rings. The Morgan fingerprint density at radius 3 is 2.89 bits per heavy atom. The summed E-state index contributed by atoms with van der Waals surface area (Å²) in [6.07, 6.45) is 0.801. The Labute approximate surface area is 108 Å². The number of carbonyl (C=O) groups is 1. The van der Waals surface area contributed by atoms with Crippen molar-refractivity contribution < 1.29 is 4.79 Å². The van der Waals surface area contributed by atoms with Crippen LogP contribution in [0.1, 0.15) is 16.1 Å². The number of hydrogen-bond acceptors (Lipinski definition) is 3. The molecule has 2 aromatic heterocycles. The Morgan fingerprint density at radius 2 is 2.17 bits per heavy atom. The van der Waals surface area contributed by atoms with Crippen LogP contribution in [0.25, 0.3) is 11.3 Å². The Kier molecular flexibility index (Phi) is 2.48. The lowest BCUT2D eigenvalue weighted by Crippen LogP contribution is -2.31. The number of nitrogens with zero attached hydrogens (tertiary/aromatic N) is 1. The maximum atomic E-state index is 11.7. The van der Waals surface area contributed by atoms with E-state index in [2.05, 4.69) is 15.3 Å². The van der Waals surface area contributed by atoms with Gasteiger partial charge in [-0.3, -0.25) is 4.79 Å². The highest BCUT2D eigenvalue weighted by Crippen LogP contribution is 2.26. The van der Waals surface area contributed by atoms with E-state index in [0.717, 1.165) is 23.4 Å². The van der Waals surface area contributed by atoms with Gasteiger partial charge in [-0.1, -0.05) is 11.6 Å². The number of H-pyrrole nitrogens is 1. The third kappa shape index (κ3) is 1.82. The maximum Gasteiger partial charge on any atom is 0.253 e. The molecule has 0 radical (unpaired) electrons. The van der Waals surface area contributed by atoms with Crippen LogP contribution < -0.4 is 11.1 Å². The van der Waals surface area contributed by atoms with Crippen LogP contribution in [-0.4, -0.2) is 22.4 Å². The highest BCUT2D eigenvalue weighted by Gasteiger charge is 2.20. The van der Waals surface area contributed by atoms with Crippen molar-refractivity contribution in [1.82, 2.24) is 15.3 Å². The van der Waals surface area contributed by atoms with Gasteiger partial charge in [-0.05, 0) is 18.2 Å². The molecule has 0 saturated heterocycles. The van der Waals surface area contributed by atoms with Crippen LogP contribution in [0.4, 0.5) is 5.82 Å². The van der Waals surface area contributed by atoms with Crippen LogP contribution >= 0.6 is 11.6 Å². The van der Waals surface area contributed by atoms with Crippen molar-refractivity contribution in [2.24, 2.45) is 0 Å². The average Bonchev–Trinajstić information content (AvgIpc) is 2.73. The number of nitrogen functional groups attached to an aromatic ring is 1. The summed E-state index contributed by atoms with van der Waals surface area (Å²) in [6.45, 7) is 0.658. The van der Waals surface area contributed by atoms with E-state index in [9.17, 15) is 4.79 Å². The monoisotopic (exact) mass is 262 g/mol. The van der Waals surface area contributed by atoms with Gasteiger partial charge < -0.3 is 16.0 Å². The lowest BCUT2D eigenvalue weighted by atomic mass is 10.1. The number of aromatic nitrogens is 2. The smallest absolute Gasteiger partial charge is 0.253 e. The first-order chi connectivity index (χ1) is 8.63. The number of anilines is 1. The van der Waals surface area contributed by atoms with Crippen molar-refractivity contribution in [3.63, 3.8) is 0 Å². The van der Waals surface area contributed by atoms with Crippen LogP contribution in [0, 0.1) is 0 Å². The van der Waals surface area contributed by atoms with Gasteiger partial charge in [0.25, 0.3) is 5.91 Å². The number of nitrogens with one attached hydrogen (secondary N) is 2. The first kappa shape index (κ1) is 11.1. The summed E-state index contributed by atoms with van der Waals surface area (Å²) in [6, 6.07) is 5.25. The second-order valence-electron chi connectivity index (χ2n) is 4.18. The molecule has 1 amide bonds. The van der Waals surface area contributed by atoms with E-state index in [1.807, 2.05) is 6.07 Å². The third-order valence-electron chi connectivity index (χ3n) is 2.93. The van der Waals surface area contributed by atoms with Gasteiger partial charge in [0.05, 0.1) is 5.56 Å². The summed E-state index contributed by atoms with van der Waals surface area (Å²) in [7, 11) is 0. The first-order valence-corrected chi connectivity index (χ1v) is 5.95. The molecule has 0 fully saturated rings. The quantitative estimate of drug-likeness (QED) is 0.683. The Bertz CT molecular complexity index is 615. The zero-order valence-electron chi connectivity index (χ0n) is 9.46. The Balaban J connectivity index is 2.10. The fourth-order valence-electron chi connectivity index (χ4n) is 2.12. The number of rotatable bonds is 1. The second kappa shape index (κ2) is 4.03. The zero-order chi connectivity index (χ0) is 12.7. The third-order valence-corrected chi connectivity index (χ3v) is 3.12. The molecule has 3 rings (SSSR count). The van der Waals surface area contributed by atoms with Gasteiger partial charge in [-0.25, -0.2) is 4.98 Å². The molecule has 1 aliphatic rings. The predicted octanol–water partition coefficient (Wildman–Crippen LogP) is 1.60. The van der Waals surface area contributed by atoms with Gasteiger partial charge in [0, 0.05) is 29.9 Å². The standard InChI is InChI=1S/C12H11ClN4O/c13-10-3-6(4-11(14)17-10)9-5-7-8(16-9)1-2-15-12(7)18/h3-5,16H,1-2H2,(H2,14,17)(H,15,18). The maximum absolute atomic E-state index is 11.7. The molecule has 5 nitrogen and oxygen atoms in total. The molecule has 18 heavy (non-hydrogen) atoms. The van der Waals surface area contributed by atoms with Gasteiger partial charge in [-0.15, -0.1) is 0 Å². The molecule has 0 aromatic carbocycles. The van der Waals surface area contributed by atoms with Crippen LogP contribution in [0.5, 0.6) is 0 Å². The molecule has 0 saturated carbocycles. The Hall–Kier alpha value is -2.01. The molecule has 0 spiro atoms. The highest BCUT2D eigenvalue weighted by molar-refractivity contribution is 6.29. The SMILES string of the molecule is Nc1cc(-c2cc3c([nH]2)CCNC3=O)cc(Cl)n1. The van der Waals surface area contributed by atoms with Crippen LogP contribution in [-0.2, 0) is 6.42 Å². The molecule has 6 heteroatoms. The fraction of sp³-hybridized carbons (Fsp3) is 0.167. The lowest BCUT2D eigenvalue weighted by molar-refractivity contribution is 0.0946. The molecule has 0 unspecified atom stereocenters. The summed E-state index contributed by atoms with van der Waals surface area (Å²) < 4.78 is 0. The Morgan fingerprint density at radius 1 is 1.33 bits per heavy atom. The van der Waals surface area contributed by atoms with Gasteiger partial charge >= 0.3 is 0 Å². The topological polar surface area (TPSA) is 83.8 Å². The predicted molar refractivity (Wildman–Crippen MR) is 69.5 cm³/mol. The van der Waals surface area contributed by atoms with E-state index in [0.29, 0.717) is 23.1 Å². The summed E-state index contributed by atoms with van der Waals surface area (Å²) in [5, 5.41) is 3.14. The van der Waals surface area contributed by atoms with Crippen molar-refractivity contribution in [3.05, 3.63) is 34.6 Å². The zero-order valence-corrected chi connectivity index (χ0v) is 10.2. The summed E-state index contributed by atoms with van der Waals surface area (Å²) in [5.41, 5.74) is 8.94. The molecular formula is C12H11ClN4O. The van der Waals surface area contributed by atoms with Crippen molar-refractivity contribution in [3.8, 4) is 11.3 Å². The minimum absolute atomic E-state index is 0.0492. The van der Waals surface area contributed by atoms with Gasteiger partial charge in [0.2, 0.25) is 0 Å². The number of hydrogen-bond donors (Lipinski definition) is 3. The molecular weight excluding hydrogens is 252 g/mol. The second-order valence-corrected chi connectivity index (χ2v) is 4.57. The summed E-state index contributed by atoms with van der Waals surface area (Å²) in [5.74, 6) is 0.307. The molecule has 0 atom stereocenters. The number of halogens is 1. The average molecular weight is 263 g/mol. The van der Waals surface area contributed by atoms with E-state index in [4.69, 9.17) is 17.3 Å². The fourth-order valence-corrected chi connectivity index (χ4v) is 2.34. The lowest BCUT2D eigenvalue weighted by Gasteiger charge is -2.10. The molecule has 4 N–H and O–H groups in total. The van der Waals surface area contributed by atoms with Crippen molar-refractivity contribution in [2.75, 3.05) is 12.3 Å². The minimum atomic E-state index is -0.0492. The van der Waals surface area contributed by atoms with E-state index < -0.39 is 0 Å². The number of fused-ring (bicyclic) bond motifs is 1. The van der Waals surface area contributed by atoms with Gasteiger partial charge in [0.15, 0.2) is 0 Å². The van der Waals surface area contributed by atoms with Crippen molar-refractivity contribution >= 4 is 23.3 Å². The number of carbonyl (C=O) groups excluding carboxylic acids is 1. The van der Waals surface area contributed by atoms with E-state index in [-0.39, 0.29) is 5.91 Å². The molecule has 0 aliphatic carbocycles. The molecule has 92 valence electrons. The van der Waals surface area contributed by atoms with Crippen LogP contribution in [0.15, 0.2) is 18.2 Å². The highest BCUT2D eigenvalue weighted by atomic mass is 35.5. The molecule has 0 bridgehead atoms. The first-order valence-electron chi connectivity index (χ1n) is 5.57. The normalized spacial score (nSPS) is 14.2. The van der Waals surface area contributed by atoms with E-state index in [1.54, 1.807) is 12.1 Å².